The summed E-state index contributed by atoms with van der Waals surface area (Å²) in [6.45, 7) is 4.28. The highest BCUT2D eigenvalue weighted by molar-refractivity contribution is 8.00. The summed E-state index contributed by atoms with van der Waals surface area (Å²) < 4.78 is 0. The van der Waals surface area contributed by atoms with Gasteiger partial charge in [-0.15, -0.1) is 11.8 Å². The fourth-order valence-electron chi connectivity index (χ4n) is 2.36. The van der Waals surface area contributed by atoms with Gasteiger partial charge in [-0.25, -0.2) is 0 Å². The first-order valence-corrected chi connectivity index (χ1v) is 8.02. The largest absolute Gasteiger partial charge is 0.481 e. The molecule has 6 heteroatoms. The molecule has 2 unspecified atom stereocenters. The highest BCUT2D eigenvalue weighted by Gasteiger charge is 2.42. The van der Waals surface area contributed by atoms with Crippen LogP contribution in [0.3, 0.4) is 0 Å². The van der Waals surface area contributed by atoms with Crippen LogP contribution in [-0.4, -0.2) is 40.2 Å². The fraction of sp³-hybridized carbons (Fsp3) is 0.467. The standard InChI is InChI=1S/C15H18ClNO3S/c1-10(21-12-6-4-3-5-11(12)16)13(18)17-8-7-15(2,9-17)14(19)20/h3-6,10H,7-9H2,1-2H3,(H,19,20). The molecule has 2 rings (SSSR count). The van der Waals surface area contributed by atoms with E-state index >= 15 is 0 Å². The first-order valence-electron chi connectivity index (χ1n) is 6.77. The lowest BCUT2D eigenvalue weighted by Gasteiger charge is -2.23. The van der Waals surface area contributed by atoms with Crippen LogP contribution >= 0.6 is 23.4 Å². The highest BCUT2D eigenvalue weighted by atomic mass is 35.5. The SMILES string of the molecule is CC(Sc1ccccc1Cl)C(=O)N1CCC(C)(C(=O)O)C1. The number of carbonyl (C=O) groups is 2. The van der Waals surface area contributed by atoms with Crippen molar-refractivity contribution in [3.05, 3.63) is 29.3 Å². The molecular weight excluding hydrogens is 310 g/mol. The molecule has 4 nitrogen and oxygen atoms in total. The zero-order chi connectivity index (χ0) is 15.6. The monoisotopic (exact) mass is 327 g/mol. The third-order valence-corrected chi connectivity index (χ3v) is 5.40. The average molecular weight is 328 g/mol. The van der Waals surface area contributed by atoms with Crippen LogP contribution in [0.4, 0.5) is 0 Å². The molecule has 21 heavy (non-hydrogen) atoms. The molecule has 0 radical (unpaired) electrons. The van der Waals surface area contributed by atoms with Gasteiger partial charge in [-0.3, -0.25) is 9.59 Å². The smallest absolute Gasteiger partial charge is 0.311 e. The number of benzene rings is 1. The normalized spacial score (nSPS) is 23.1. The molecular formula is C15H18ClNO3S. The van der Waals surface area contributed by atoms with Crippen molar-refractivity contribution in [2.24, 2.45) is 5.41 Å². The molecule has 1 aliphatic rings. The Hall–Kier alpha value is -1.20. The third-order valence-electron chi connectivity index (χ3n) is 3.79. The van der Waals surface area contributed by atoms with Crippen molar-refractivity contribution in [3.8, 4) is 0 Å². The first kappa shape index (κ1) is 16.2. The topological polar surface area (TPSA) is 57.6 Å². The van der Waals surface area contributed by atoms with Crippen molar-refractivity contribution in [2.45, 2.75) is 30.4 Å². The van der Waals surface area contributed by atoms with Gasteiger partial charge in [-0.1, -0.05) is 23.7 Å². The number of aliphatic carboxylic acids is 1. The van der Waals surface area contributed by atoms with E-state index in [-0.39, 0.29) is 17.7 Å². The van der Waals surface area contributed by atoms with Gasteiger partial charge in [-0.05, 0) is 32.4 Å². The summed E-state index contributed by atoms with van der Waals surface area (Å²) in [5.74, 6) is -0.880. The predicted octanol–water partition coefficient (Wildman–Crippen LogP) is 3.14. The Morgan fingerprint density at radius 1 is 1.43 bits per heavy atom. The van der Waals surface area contributed by atoms with Gasteiger partial charge in [0, 0.05) is 18.0 Å². The van der Waals surface area contributed by atoms with Gasteiger partial charge >= 0.3 is 5.97 Å². The van der Waals surface area contributed by atoms with E-state index in [9.17, 15) is 14.7 Å². The van der Waals surface area contributed by atoms with Crippen molar-refractivity contribution >= 4 is 35.2 Å². The van der Waals surface area contributed by atoms with Crippen LogP contribution in [0.15, 0.2) is 29.2 Å². The molecule has 1 fully saturated rings. The molecule has 0 spiro atoms. The lowest BCUT2D eigenvalue weighted by Crippen LogP contribution is -2.38. The van der Waals surface area contributed by atoms with Gasteiger partial charge in [0.05, 0.1) is 15.7 Å². The predicted molar refractivity (Wildman–Crippen MR) is 83.7 cm³/mol. The van der Waals surface area contributed by atoms with Crippen LogP contribution in [0.25, 0.3) is 0 Å². The molecule has 0 bridgehead atoms. The van der Waals surface area contributed by atoms with E-state index in [0.29, 0.717) is 18.0 Å². The lowest BCUT2D eigenvalue weighted by molar-refractivity contribution is -0.147. The Bertz CT molecular complexity index is 566. The van der Waals surface area contributed by atoms with E-state index in [1.165, 1.54) is 11.8 Å². The summed E-state index contributed by atoms with van der Waals surface area (Å²) in [5, 5.41) is 9.55. The molecule has 0 saturated carbocycles. The lowest BCUT2D eigenvalue weighted by atomic mass is 9.90. The number of hydrogen-bond acceptors (Lipinski definition) is 3. The zero-order valence-electron chi connectivity index (χ0n) is 12.0. The maximum absolute atomic E-state index is 12.4. The summed E-state index contributed by atoms with van der Waals surface area (Å²) >= 11 is 7.50. The number of carbonyl (C=O) groups excluding carboxylic acids is 1. The van der Waals surface area contributed by atoms with Crippen LogP contribution in [0.5, 0.6) is 0 Å². The van der Waals surface area contributed by atoms with E-state index in [2.05, 4.69) is 0 Å². The van der Waals surface area contributed by atoms with E-state index in [0.717, 1.165) is 4.90 Å². The van der Waals surface area contributed by atoms with E-state index in [1.807, 2.05) is 25.1 Å². The number of halogens is 1. The van der Waals surface area contributed by atoms with Gasteiger partial charge in [-0.2, -0.15) is 0 Å². The van der Waals surface area contributed by atoms with Crippen LogP contribution in [0, 0.1) is 5.41 Å². The van der Waals surface area contributed by atoms with Gasteiger partial charge < -0.3 is 10.0 Å². The highest BCUT2D eigenvalue weighted by Crippen LogP contribution is 2.34. The molecule has 1 saturated heterocycles. The minimum absolute atomic E-state index is 0.0371. The molecule has 1 amide bonds. The minimum atomic E-state index is -0.843. The maximum Gasteiger partial charge on any atom is 0.311 e. The van der Waals surface area contributed by atoms with Crippen molar-refractivity contribution in [1.82, 2.24) is 4.90 Å². The van der Waals surface area contributed by atoms with Gasteiger partial charge in [0.1, 0.15) is 0 Å². The Balaban J connectivity index is 2.01. The van der Waals surface area contributed by atoms with E-state index in [4.69, 9.17) is 11.6 Å². The number of hydrogen-bond donors (Lipinski definition) is 1. The molecule has 1 aromatic rings. The van der Waals surface area contributed by atoms with Crippen molar-refractivity contribution in [2.75, 3.05) is 13.1 Å². The Kier molecular flexibility index (Phi) is 4.84. The van der Waals surface area contributed by atoms with Crippen LogP contribution in [0.2, 0.25) is 5.02 Å². The second-order valence-corrected chi connectivity index (χ2v) is 7.36. The van der Waals surface area contributed by atoms with Crippen LogP contribution in [0.1, 0.15) is 20.3 Å². The summed E-state index contributed by atoms with van der Waals surface area (Å²) in [6, 6.07) is 7.39. The minimum Gasteiger partial charge on any atom is -0.481 e. The number of rotatable bonds is 4. The molecule has 1 heterocycles. The Morgan fingerprint density at radius 2 is 2.10 bits per heavy atom. The number of carboxylic acids is 1. The number of amides is 1. The zero-order valence-corrected chi connectivity index (χ0v) is 13.6. The van der Waals surface area contributed by atoms with Gasteiger partial charge in [0.25, 0.3) is 0 Å². The summed E-state index contributed by atoms with van der Waals surface area (Å²) in [5.41, 5.74) is -0.829. The Morgan fingerprint density at radius 3 is 2.67 bits per heavy atom. The van der Waals surface area contributed by atoms with Crippen molar-refractivity contribution < 1.29 is 14.7 Å². The summed E-state index contributed by atoms with van der Waals surface area (Å²) in [6.07, 6.45) is 0.498. The number of carboxylic acid groups (broad SMARTS) is 1. The quantitative estimate of drug-likeness (QED) is 0.863. The molecule has 0 aliphatic carbocycles. The fourth-order valence-corrected chi connectivity index (χ4v) is 3.60. The molecule has 2 atom stereocenters. The second kappa shape index (κ2) is 6.28. The molecule has 0 aromatic heterocycles. The van der Waals surface area contributed by atoms with E-state index < -0.39 is 11.4 Å². The van der Waals surface area contributed by atoms with Gasteiger partial charge in [0.2, 0.25) is 5.91 Å². The number of nitrogens with zero attached hydrogens (tertiary/aromatic N) is 1. The average Bonchev–Trinajstić information content (AvgIpc) is 2.84. The Labute approximate surface area is 133 Å². The molecule has 1 aliphatic heterocycles. The number of likely N-dealkylation sites (tertiary alicyclic amines) is 1. The maximum atomic E-state index is 12.4. The molecule has 114 valence electrons. The first-order chi connectivity index (χ1) is 9.83. The van der Waals surface area contributed by atoms with Crippen molar-refractivity contribution in [1.29, 1.82) is 0 Å². The molecule has 1 aromatic carbocycles. The summed E-state index contributed by atoms with van der Waals surface area (Å²) in [7, 11) is 0. The molecule has 1 N–H and O–H groups in total. The van der Waals surface area contributed by atoms with Crippen LogP contribution < -0.4 is 0 Å². The number of thioether (sulfide) groups is 1. The van der Waals surface area contributed by atoms with Crippen molar-refractivity contribution in [3.63, 3.8) is 0 Å². The third kappa shape index (κ3) is 3.52. The van der Waals surface area contributed by atoms with Crippen LogP contribution in [-0.2, 0) is 9.59 Å². The van der Waals surface area contributed by atoms with Gasteiger partial charge in [0.15, 0.2) is 0 Å². The second-order valence-electron chi connectivity index (χ2n) is 5.57. The summed E-state index contributed by atoms with van der Waals surface area (Å²) in [4.78, 5) is 26.2. The van der Waals surface area contributed by atoms with E-state index in [1.54, 1.807) is 17.9 Å².